The van der Waals surface area contributed by atoms with E-state index in [1.54, 1.807) is 29.7 Å². The van der Waals surface area contributed by atoms with Crippen molar-refractivity contribution in [3.05, 3.63) is 48.2 Å². The number of anilines is 2. The third-order valence-corrected chi connectivity index (χ3v) is 3.85. The summed E-state index contributed by atoms with van der Waals surface area (Å²) in [5, 5.41) is 15.8. The van der Waals surface area contributed by atoms with E-state index in [1.807, 2.05) is 0 Å². The quantitative estimate of drug-likeness (QED) is 0.201. The number of furan rings is 1. The number of nitrogens with one attached hydrogen (secondary N) is 2. The number of aromatic nitrogens is 5. The van der Waals surface area contributed by atoms with Crippen molar-refractivity contribution < 1.29 is 19.2 Å². The lowest BCUT2D eigenvalue weighted by atomic mass is 10.2. The van der Waals surface area contributed by atoms with Gasteiger partial charge in [0.05, 0.1) is 12.8 Å². The number of amides is 1. The molecule has 0 spiro atoms. The first kappa shape index (κ1) is 18.2. The topological polar surface area (TPSA) is 166 Å². The third kappa shape index (κ3) is 3.91. The smallest absolute Gasteiger partial charge is 0.274 e. The molecular formula is C17H16N8O4. The molecule has 0 radical (unpaired) electrons. The Morgan fingerprint density at radius 3 is 2.76 bits per heavy atom. The van der Waals surface area contributed by atoms with Gasteiger partial charge in [0.25, 0.3) is 11.7 Å². The van der Waals surface area contributed by atoms with Crippen molar-refractivity contribution in [2.75, 3.05) is 24.2 Å². The van der Waals surface area contributed by atoms with E-state index in [0.29, 0.717) is 36.0 Å². The Morgan fingerprint density at radius 2 is 2.03 bits per heavy atom. The first-order valence-corrected chi connectivity index (χ1v) is 8.49. The van der Waals surface area contributed by atoms with Crippen molar-refractivity contribution in [2.24, 2.45) is 0 Å². The summed E-state index contributed by atoms with van der Waals surface area (Å²) >= 11 is 0. The molecule has 0 fully saturated rings. The Hall–Kier alpha value is -4.19. The summed E-state index contributed by atoms with van der Waals surface area (Å²) in [6.07, 6.45) is 1.53. The minimum Gasteiger partial charge on any atom is -0.492 e. The van der Waals surface area contributed by atoms with Crippen molar-refractivity contribution in [3.63, 3.8) is 0 Å². The van der Waals surface area contributed by atoms with Crippen LogP contribution in [0.25, 0.3) is 17.4 Å². The predicted octanol–water partition coefficient (Wildman–Crippen LogP) is 0.971. The Kier molecular flexibility index (Phi) is 4.90. The van der Waals surface area contributed by atoms with Crippen LogP contribution < -0.4 is 21.3 Å². The highest BCUT2D eigenvalue weighted by Gasteiger charge is 2.13. The maximum atomic E-state index is 11.3. The van der Waals surface area contributed by atoms with Gasteiger partial charge in [-0.1, -0.05) is 0 Å². The van der Waals surface area contributed by atoms with Gasteiger partial charge in [-0.15, -0.1) is 5.10 Å². The summed E-state index contributed by atoms with van der Waals surface area (Å²) in [5.74, 6) is 1.53. The summed E-state index contributed by atoms with van der Waals surface area (Å²) < 4.78 is 12.2. The van der Waals surface area contributed by atoms with E-state index in [2.05, 4.69) is 25.4 Å². The summed E-state index contributed by atoms with van der Waals surface area (Å²) in [4.78, 5) is 24.0. The number of nitrogen functional groups attached to an aromatic ring is 1. The molecule has 12 heteroatoms. The lowest BCUT2D eigenvalue weighted by molar-refractivity contribution is 0.0706. The molecule has 12 nitrogen and oxygen atoms in total. The van der Waals surface area contributed by atoms with Crippen LogP contribution in [0.4, 0.5) is 11.9 Å². The van der Waals surface area contributed by atoms with E-state index in [-0.39, 0.29) is 17.7 Å². The molecule has 3 aromatic heterocycles. The van der Waals surface area contributed by atoms with Crippen LogP contribution in [0.5, 0.6) is 5.75 Å². The Labute approximate surface area is 163 Å². The number of hydroxylamine groups is 1. The van der Waals surface area contributed by atoms with Gasteiger partial charge in [-0.3, -0.25) is 10.0 Å². The first-order valence-electron chi connectivity index (χ1n) is 8.49. The molecule has 0 aliphatic heterocycles. The van der Waals surface area contributed by atoms with E-state index in [4.69, 9.17) is 20.1 Å². The molecule has 0 saturated carbocycles. The number of nitrogens with two attached hydrogens (primary N) is 1. The highest BCUT2D eigenvalue weighted by atomic mass is 16.5. The fourth-order valence-electron chi connectivity index (χ4n) is 2.49. The Morgan fingerprint density at radius 1 is 1.21 bits per heavy atom. The number of carbonyl (C=O) groups excluding carboxylic acids is 1. The number of benzene rings is 1. The fourth-order valence-corrected chi connectivity index (χ4v) is 2.49. The maximum Gasteiger partial charge on any atom is 0.274 e. The molecule has 148 valence electrons. The van der Waals surface area contributed by atoms with Crippen LogP contribution in [-0.2, 0) is 0 Å². The molecule has 5 N–H and O–H groups in total. The van der Waals surface area contributed by atoms with E-state index in [9.17, 15) is 4.79 Å². The fraction of sp³-hybridized carbons (Fsp3) is 0.118. The van der Waals surface area contributed by atoms with E-state index in [1.165, 1.54) is 22.9 Å². The number of fused-ring (bicyclic) bond motifs is 1. The highest BCUT2D eigenvalue weighted by Crippen LogP contribution is 2.17. The lowest BCUT2D eigenvalue weighted by Gasteiger charge is -2.08. The Balaban J connectivity index is 1.36. The van der Waals surface area contributed by atoms with Gasteiger partial charge in [0.2, 0.25) is 17.7 Å². The minimum atomic E-state index is -0.591. The first-order chi connectivity index (χ1) is 14.1. The SMILES string of the molecule is Nc1nc(NCCOc2ccc(C(=O)NO)cc2)nc2nc(-c3ccco3)nn12. The van der Waals surface area contributed by atoms with Gasteiger partial charge >= 0.3 is 0 Å². The summed E-state index contributed by atoms with van der Waals surface area (Å²) in [6.45, 7) is 0.706. The normalized spacial score (nSPS) is 10.8. The van der Waals surface area contributed by atoms with Gasteiger partial charge in [0.1, 0.15) is 12.4 Å². The highest BCUT2D eigenvalue weighted by molar-refractivity contribution is 5.93. The molecule has 4 aromatic rings. The zero-order valence-corrected chi connectivity index (χ0v) is 14.9. The number of hydrogen-bond donors (Lipinski definition) is 4. The molecule has 0 atom stereocenters. The van der Waals surface area contributed by atoms with Gasteiger partial charge < -0.3 is 20.2 Å². The van der Waals surface area contributed by atoms with Gasteiger partial charge in [0.15, 0.2) is 5.76 Å². The Bertz CT molecular complexity index is 1120. The minimum absolute atomic E-state index is 0.126. The third-order valence-electron chi connectivity index (χ3n) is 3.85. The zero-order valence-electron chi connectivity index (χ0n) is 14.9. The van der Waals surface area contributed by atoms with Gasteiger partial charge in [0, 0.05) is 5.56 Å². The second kappa shape index (κ2) is 7.82. The van der Waals surface area contributed by atoms with Crippen LogP contribution in [0.3, 0.4) is 0 Å². The van der Waals surface area contributed by atoms with E-state index in [0.717, 1.165) is 0 Å². The molecule has 1 aromatic carbocycles. The predicted molar refractivity (Wildman–Crippen MR) is 100 cm³/mol. The molecular weight excluding hydrogens is 380 g/mol. The maximum absolute atomic E-state index is 11.3. The number of nitrogens with zero attached hydrogens (tertiary/aromatic N) is 5. The molecule has 1 amide bonds. The zero-order chi connectivity index (χ0) is 20.2. The van der Waals surface area contributed by atoms with Gasteiger partial charge in [-0.2, -0.15) is 19.5 Å². The molecule has 4 rings (SSSR count). The second-order valence-corrected chi connectivity index (χ2v) is 5.77. The molecule has 3 heterocycles. The second-order valence-electron chi connectivity index (χ2n) is 5.77. The average molecular weight is 396 g/mol. The average Bonchev–Trinajstić information content (AvgIpc) is 3.41. The van der Waals surface area contributed by atoms with Gasteiger partial charge in [-0.05, 0) is 36.4 Å². The summed E-state index contributed by atoms with van der Waals surface area (Å²) in [7, 11) is 0. The number of rotatable bonds is 7. The standard InChI is InChI=1S/C17H16N8O4/c18-15-21-16(22-17-20-13(23-25(15)17)12-2-1-8-29-12)19-7-9-28-11-5-3-10(4-6-11)14(26)24-27/h1-6,8,27H,7,9H2,(H,24,26)(H3,18,19,20,21,22,23). The van der Waals surface area contributed by atoms with Crippen LogP contribution in [0, 0.1) is 0 Å². The largest absolute Gasteiger partial charge is 0.492 e. The van der Waals surface area contributed by atoms with Crippen molar-refractivity contribution in [2.45, 2.75) is 0 Å². The monoisotopic (exact) mass is 396 g/mol. The molecule has 0 saturated heterocycles. The van der Waals surface area contributed by atoms with E-state index < -0.39 is 5.91 Å². The molecule has 0 bridgehead atoms. The van der Waals surface area contributed by atoms with Crippen molar-refractivity contribution in [3.8, 4) is 17.3 Å². The summed E-state index contributed by atoms with van der Waals surface area (Å²) in [5.41, 5.74) is 7.81. The number of ether oxygens (including phenoxy) is 1. The lowest BCUT2D eigenvalue weighted by Crippen LogP contribution is -2.18. The van der Waals surface area contributed by atoms with Crippen LogP contribution in [0.1, 0.15) is 10.4 Å². The van der Waals surface area contributed by atoms with Crippen LogP contribution in [-0.4, -0.2) is 48.8 Å². The summed E-state index contributed by atoms with van der Waals surface area (Å²) in [6, 6.07) is 9.78. The molecule has 29 heavy (non-hydrogen) atoms. The molecule has 0 aliphatic rings. The van der Waals surface area contributed by atoms with Crippen molar-refractivity contribution in [1.82, 2.24) is 30.0 Å². The van der Waals surface area contributed by atoms with Gasteiger partial charge in [-0.25, -0.2) is 5.48 Å². The van der Waals surface area contributed by atoms with Crippen LogP contribution in [0.2, 0.25) is 0 Å². The molecule has 0 unspecified atom stereocenters. The molecule has 0 aliphatic carbocycles. The van der Waals surface area contributed by atoms with Crippen molar-refractivity contribution in [1.29, 1.82) is 0 Å². The van der Waals surface area contributed by atoms with Crippen LogP contribution >= 0.6 is 0 Å². The van der Waals surface area contributed by atoms with Crippen LogP contribution in [0.15, 0.2) is 47.1 Å². The number of carbonyl (C=O) groups is 1. The van der Waals surface area contributed by atoms with E-state index >= 15 is 0 Å². The van der Waals surface area contributed by atoms with Crippen molar-refractivity contribution >= 4 is 23.6 Å². The number of hydrogen-bond acceptors (Lipinski definition) is 10.